The Morgan fingerprint density at radius 2 is 1.85 bits per heavy atom. The van der Waals surface area contributed by atoms with Gasteiger partial charge in [0, 0.05) is 19.6 Å². The van der Waals surface area contributed by atoms with Crippen LogP contribution in [-0.2, 0) is 4.79 Å². The molecule has 1 aliphatic carbocycles. The summed E-state index contributed by atoms with van der Waals surface area (Å²) in [5.74, 6) is 1.73. The van der Waals surface area contributed by atoms with Gasteiger partial charge in [0.25, 0.3) is 0 Å². The van der Waals surface area contributed by atoms with E-state index in [0.29, 0.717) is 23.8 Å². The number of hydrogen-bond donors (Lipinski definition) is 1. The van der Waals surface area contributed by atoms with Crippen molar-refractivity contribution in [3.63, 3.8) is 0 Å². The first-order valence-corrected chi connectivity index (χ1v) is 8.28. The van der Waals surface area contributed by atoms with Crippen molar-refractivity contribution in [2.45, 2.75) is 59.8 Å². The van der Waals surface area contributed by atoms with Gasteiger partial charge in [-0.05, 0) is 49.4 Å². The highest BCUT2D eigenvalue weighted by Crippen LogP contribution is 2.42. The second kappa shape index (κ2) is 5.67. The lowest BCUT2D eigenvalue weighted by Crippen LogP contribution is -2.49. The number of carbonyl (C=O) groups excluding carboxylic acids is 1. The topological polar surface area (TPSA) is 46.3 Å². The van der Waals surface area contributed by atoms with Gasteiger partial charge in [0.1, 0.15) is 0 Å². The van der Waals surface area contributed by atoms with E-state index in [-0.39, 0.29) is 5.41 Å². The van der Waals surface area contributed by atoms with Gasteiger partial charge >= 0.3 is 0 Å². The van der Waals surface area contributed by atoms with Crippen molar-refractivity contribution in [2.24, 2.45) is 28.4 Å². The second-order valence-electron chi connectivity index (χ2n) is 8.27. The Balaban J connectivity index is 2.04. The quantitative estimate of drug-likeness (QED) is 0.845. The number of carbonyl (C=O) groups is 1. The number of rotatable bonds is 2. The van der Waals surface area contributed by atoms with E-state index in [2.05, 4.69) is 32.6 Å². The Morgan fingerprint density at radius 3 is 2.30 bits per heavy atom. The van der Waals surface area contributed by atoms with Crippen molar-refractivity contribution in [2.75, 3.05) is 19.6 Å². The van der Waals surface area contributed by atoms with E-state index in [4.69, 9.17) is 5.73 Å². The fourth-order valence-corrected chi connectivity index (χ4v) is 3.81. The third kappa shape index (κ3) is 3.03. The molecule has 1 amide bonds. The number of likely N-dealkylation sites (tertiary alicyclic amines) is 1. The summed E-state index contributed by atoms with van der Waals surface area (Å²) in [5.41, 5.74) is 6.07. The van der Waals surface area contributed by atoms with E-state index in [1.807, 2.05) is 0 Å². The highest BCUT2D eigenvalue weighted by molar-refractivity contribution is 5.83. The Morgan fingerprint density at radius 1 is 1.25 bits per heavy atom. The van der Waals surface area contributed by atoms with Crippen LogP contribution >= 0.6 is 0 Å². The van der Waals surface area contributed by atoms with Crippen molar-refractivity contribution in [3.8, 4) is 0 Å². The number of nitrogens with two attached hydrogens (primary N) is 1. The molecule has 0 bridgehead atoms. The van der Waals surface area contributed by atoms with Crippen molar-refractivity contribution < 1.29 is 4.79 Å². The summed E-state index contributed by atoms with van der Waals surface area (Å²) < 4.78 is 0. The van der Waals surface area contributed by atoms with E-state index in [0.717, 1.165) is 51.1 Å². The molecule has 2 fully saturated rings. The monoisotopic (exact) mass is 280 g/mol. The first kappa shape index (κ1) is 15.8. The highest BCUT2D eigenvalue weighted by atomic mass is 16.2. The van der Waals surface area contributed by atoms with Crippen LogP contribution in [-0.4, -0.2) is 30.4 Å². The lowest BCUT2D eigenvalue weighted by molar-refractivity contribution is -0.143. The molecule has 0 aromatic rings. The minimum Gasteiger partial charge on any atom is -0.342 e. The van der Waals surface area contributed by atoms with Gasteiger partial charge in [0.15, 0.2) is 0 Å². The van der Waals surface area contributed by atoms with Crippen LogP contribution in [0.2, 0.25) is 0 Å². The van der Waals surface area contributed by atoms with Crippen molar-refractivity contribution in [1.29, 1.82) is 0 Å². The molecule has 1 saturated heterocycles. The van der Waals surface area contributed by atoms with Gasteiger partial charge in [-0.3, -0.25) is 4.79 Å². The zero-order valence-corrected chi connectivity index (χ0v) is 13.7. The van der Waals surface area contributed by atoms with Crippen LogP contribution in [0.4, 0.5) is 0 Å². The summed E-state index contributed by atoms with van der Waals surface area (Å²) in [5, 5.41) is 0. The Labute approximate surface area is 124 Å². The molecule has 0 aromatic carbocycles. The van der Waals surface area contributed by atoms with Crippen LogP contribution in [0.25, 0.3) is 0 Å². The van der Waals surface area contributed by atoms with Crippen LogP contribution in [0.3, 0.4) is 0 Å². The molecule has 0 spiro atoms. The normalized spacial score (nSPS) is 35.4. The standard InChI is InChI=1S/C17H32N2O/c1-13-5-8-17(12-18,9-6-13)15(20)19-10-7-14(11-19)16(2,3)4/h13-14H,5-12,18H2,1-4H3. The van der Waals surface area contributed by atoms with E-state index in [1.54, 1.807) is 0 Å². The van der Waals surface area contributed by atoms with E-state index < -0.39 is 0 Å². The van der Waals surface area contributed by atoms with Gasteiger partial charge in [0.2, 0.25) is 5.91 Å². The predicted molar refractivity (Wildman–Crippen MR) is 83.3 cm³/mol. The van der Waals surface area contributed by atoms with Crippen molar-refractivity contribution in [1.82, 2.24) is 4.90 Å². The molecule has 1 heterocycles. The molecular weight excluding hydrogens is 248 g/mol. The lowest BCUT2D eigenvalue weighted by atomic mass is 9.70. The second-order valence-corrected chi connectivity index (χ2v) is 8.27. The number of hydrogen-bond acceptors (Lipinski definition) is 2. The number of nitrogens with zero attached hydrogens (tertiary/aromatic N) is 1. The van der Waals surface area contributed by atoms with Gasteiger partial charge in [0.05, 0.1) is 5.41 Å². The Bertz CT molecular complexity index is 350. The largest absolute Gasteiger partial charge is 0.342 e. The Hall–Kier alpha value is -0.570. The molecule has 3 nitrogen and oxygen atoms in total. The van der Waals surface area contributed by atoms with E-state index in [1.165, 1.54) is 0 Å². The first-order chi connectivity index (χ1) is 9.28. The lowest BCUT2D eigenvalue weighted by Gasteiger charge is -2.40. The summed E-state index contributed by atoms with van der Waals surface area (Å²) in [6.45, 7) is 11.5. The van der Waals surface area contributed by atoms with Crippen molar-refractivity contribution >= 4 is 5.91 Å². The van der Waals surface area contributed by atoms with E-state index >= 15 is 0 Å². The molecule has 1 atom stereocenters. The molecule has 1 saturated carbocycles. The van der Waals surface area contributed by atoms with Gasteiger partial charge in [-0.1, -0.05) is 27.7 Å². The number of amides is 1. The van der Waals surface area contributed by atoms with Crippen LogP contribution in [0.5, 0.6) is 0 Å². The van der Waals surface area contributed by atoms with Crippen molar-refractivity contribution in [3.05, 3.63) is 0 Å². The SMILES string of the molecule is CC1CCC(CN)(C(=O)N2CCC(C(C)(C)C)C2)CC1. The first-order valence-electron chi connectivity index (χ1n) is 8.28. The maximum absolute atomic E-state index is 13.0. The summed E-state index contributed by atoms with van der Waals surface area (Å²) in [4.78, 5) is 15.1. The predicted octanol–water partition coefficient (Wildman–Crippen LogP) is 3.04. The van der Waals surface area contributed by atoms with Gasteiger partial charge in [-0.25, -0.2) is 0 Å². The molecule has 1 aliphatic heterocycles. The minimum absolute atomic E-state index is 0.251. The van der Waals surface area contributed by atoms with Crippen LogP contribution < -0.4 is 5.73 Å². The Kier molecular flexibility index (Phi) is 4.48. The van der Waals surface area contributed by atoms with Crippen LogP contribution in [0, 0.1) is 22.7 Å². The molecule has 116 valence electrons. The van der Waals surface area contributed by atoms with Gasteiger partial charge < -0.3 is 10.6 Å². The molecule has 3 heteroatoms. The molecule has 2 aliphatic rings. The third-order valence-electron chi connectivity index (χ3n) is 5.78. The molecule has 2 rings (SSSR count). The van der Waals surface area contributed by atoms with Crippen LogP contribution in [0.15, 0.2) is 0 Å². The zero-order chi connectivity index (χ0) is 15.0. The fraction of sp³-hybridized carbons (Fsp3) is 0.941. The highest BCUT2D eigenvalue weighted by Gasteiger charge is 2.44. The maximum Gasteiger partial charge on any atom is 0.230 e. The molecule has 0 aromatic heterocycles. The van der Waals surface area contributed by atoms with E-state index in [9.17, 15) is 4.79 Å². The van der Waals surface area contributed by atoms with Gasteiger partial charge in [-0.15, -0.1) is 0 Å². The fourth-order valence-electron chi connectivity index (χ4n) is 3.81. The summed E-state index contributed by atoms with van der Waals surface area (Å²) in [6.07, 6.45) is 5.42. The summed E-state index contributed by atoms with van der Waals surface area (Å²) >= 11 is 0. The third-order valence-corrected chi connectivity index (χ3v) is 5.78. The summed E-state index contributed by atoms with van der Waals surface area (Å²) in [7, 11) is 0. The van der Waals surface area contributed by atoms with Gasteiger partial charge in [-0.2, -0.15) is 0 Å². The van der Waals surface area contributed by atoms with Crippen LogP contribution in [0.1, 0.15) is 59.8 Å². The molecule has 2 N–H and O–H groups in total. The molecule has 1 unspecified atom stereocenters. The molecule has 20 heavy (non-hydrogen) atoms. The maximum atomic E-state index is 13.0. The smallest absolute Gasteiger partial charge is 0.230 e. The average molecular weight is 280 g/mol. The molecular formula is C17H32N2O. The average Bonchev–Trinajstić information content (AvgIpc) is 2.89. The zero-order valence-electron chi connectivity index (χ0n) is 13.7. The minimum atomic E-state index is -0.251. The summed E-state index contributed by atoms with van der Waals surface area (Å²) in [6, 6.07) is 0. The molecule has 0 radical (unpaired) electrons.